The Morgan fingerprint density at radius 2 is 2.22 bits per heavy atom. The van der Waals surface area contributed by atoms with Crippen LogP contribution in [0.2, 0.25) is 5.02 Å². The molecule has 2 amide bonds. The van der Waals surface area contributed by atoms with Gasteiger partial charge in [0.25, 0.3) is 0 Å². The lowest BCUT2D eigenvalue weighted by Crippen LogP contribution is -2.45. The van der Waals surface area contributed by atoms with Crippen molar-refractivity contribution in [3.05, 3.63) is 40.7 Å². The van der Waals surface area contributed by atoms with E-state index in [1.165, 1.54) is 18.2 Å². The van der Waals surface area contributed by atoms with E-state index in [-0.39, 0.29) is 30.1 Å². The highest BCUT2D eigenvalue weighted by molar-refractivity contribution is 6.31. The number of carbonyl (C=O) groups is 2. The van der Waals surface area contributed by atoms with E-state index in [1.807, 2.05) is 0 Å². The smallest absolute Gasteiger partial charge is 0.408 e. The number of likely N-dealkylation sites (tertiary alicyclic amines) is 1. The SMILES string of the molecule is C=Cc1cc(Cl)c(F)c(CNC(=O)C2CC(F)CN2C(=O)O)c1. The molecule has 8 heteroatoms. The summed E-state index contributed by atoms with van der Waals surface area (Å²) in [7, 11) is 0. The van der Waals surface area contributed by atoms with E-state index in [2.05, 4.69) is 11.9 Å². The van der Waals surface area contributed by atoms with Gasteiger partial charge in [-0.25, -0.2) is 13.6 Å². The van der Waals surface area contributed by atoms with Crippen LogP contribution >= 0.6 is 11.6 Å². The third-order valence-electron chi connectivity index (χ3n) is 3.61. The Balaban J connectivity index is 2.09. The molecular formula is C15H15ClF2N2O3. The molecular weight excluding hydrogens is 330 g/mol. The average molecular weight is 345 g/mol. The van der Waals surface area contributed by atoms with E-state index in [9.17, 15) is 18.4 Å². The number of alkyl halides is 1. The van der Waals surface area contributed by atoms with Crippen molar-refractivity contribution >= 4 is 29.7 Å². The molecule has 1 aliphatic heterocycles. The van der Waals surface area contributed by atoms with Gasteiger partial charge in [0, 0.05) is 18.5 Å². The normalized spacial score (nSPS) is 20.4. The van der Waals surface area contributed by atoms with Gasteiger partial charge in [-0.05, 0) is 17.7 Å². The molecule has 124 valence electrons. The maximum absolute atomic E-state index is 13.9. The van der Waals surface area contributed by atoms with Crippen LogP contribution in [0.1, 0.15) is 17.5 Å². The summed E-state index contributed by atoms with van der Waals surface area (Å²) in [5.41, 5.74) is 0.718. The summed E-state index contributed by atoms with van der Waals surface area (Å²) in [5, 5.41) is 11.3. The van der Waals surface area contributed by atoms with Crippen LogP contribution in [0.15, 0.2) is 18.7 Å². The molecule has 0 bridgehead atoms. The van der Waals surface area contributed by atoms with Crippen LogP contribution in [0.5, 0.6) is 0 Å². The van der Waals surface area contributed by atoms with Crippen LogP contribution in [0.4, 0.5) is 13.6 Å². The maximum atomic E-state index is 13.9. The number of carbonyl (C=O) groups excluding carboxylic acids is 1. The lowest BCUT2D eigenvalue weighted by molar-refractivity contribution is -0.125. The molecule has 1 aromatic carbocycles. The van der Waals surface area contributed by atoms with Crippen molar-refractivity contribution < 1.29 is 23.5 Å². The fourth-order valence-corrected chi connectivity index (χ4v) is 2.71. The molecule has 1 heterocycles. The van der Waals surface area contributed by atoms with Crippen LogP contribution < -0.4 is 5.32 Å². The minimum absolute atomic E-state index is 0.108. The molecule has 0 spiro atoms. The number of benzene rings is 1. The Labute approximate surface area is 136 Å². The molecule has 23 heavy (non-hydrogen) atoms. The lowest BCUT2D eigenvalue weighted by Gasteiger charge is -2.20. The largest absolute Gasteiger partial charge is 0.465 e. The van der Waals surface area contributed by atoms with Crippen LogP contribution in [0.3, 0.4) is 0 Å². The topological polar surface area (TPSA) is 69.6 Å². The highest BCUT2D eigenvalue weighted by atomic mass is 35.5. The van der Waals surface area contributed by atoms with Crippen molar-refractivity contribution in [2.24, 2.45) is 0 Å². The zero-order chi connectivity index (χ0) is 17.1. The monoisotopic (exact) mass is 344 g/mol. The summed E-state index contributed by atoms with van der Waals surface area (Å²) in [4.78, 5) is 23.8. The molecule has 1 aromatic rings. The van der Waals surface area contributed by atoms with Gasteiger partial charge in [-0.2, -0.15) is 0 Å². The number of rotatable bonds is 4. The quantitative estimate of drug-likeness (QED) is 0.882. The zero-order valence-corrected chi connectivity index (χ0v) is 12.8. The number of amides is 2. The van der Waals surface area contributed by atoms with Crippen molar-refractivity contribution in [1.29, 1.82) is 0 Å². The van der Waals surface area contributed by atoms with Gasteiger partial charge in [-0.1, -0.05) is 24.3 Å². The van der Waals surface area contributed by atoms with Gasteiger partial charge in [0.05, 0.1) is 11.6 Å². The highest BCUT2D eigenvalue weighted by Gasteiger charge is 2.39. The van der Waals surface area contributed by atoms with Gasteiger partial charge in [0.1, 0.15) is 18.0 Å². The first-order valence-electron chi connectivity index (χ1n) is 6.85. The van der Waals surface area contributed by atoms with E-state index < -0.39 is 30.0 Å². The first-order chi connectivity index (χ1) is 10.8. The van der Waals surface area contributed by atoms with E-state index in [4.69, 9.17) is 16.7 Å². The fraction of sp³-hybridized carbons (Fsp3) is 0.333. The van der Waals surface area contributed by atoms with E-state index >= 15 is 0 Å². The Morgan fingerprint density at radius 1 is 1.52 bits per heavy atom. The first kappa shape index (κ1) is 17.2. The Bertz CT molecular complexity index is 654. The van der Waals surface area contributed by atoms with Crippen molar-refractivity contribution in [1.82, 2.24) is 10.2 Å². The Kier molecular flexibility index (Phi) is 5.20. The summed E-state index contributed by atoms with van der Waals surface area (Å²) in [5.74, 6) is -1.35. The maximum Gasteiger partial charge on any atom is 0.408 e. The third-order valence-corrected chi connectivity index (χ3v) is 3.89. The van der Waals surface area contributed by atoms with Crippen molar-refractivity contribution in [2.75, 3.05) is 6.54 Å². The predicted molar refractivity (Wildman–Crippen MR) is 81.4 cm³/mol. The summed E-state index contributed by atoms with van der Waals surface area (Å²) in [6.45, 7) is 3.02. The van der Waals surface area contributed by atoms with E-state index in [0.717, 1.165) is 4.90 Å². The van der Waals surface area contributed by atoms with Crippen LogP contribution in [-0.2, 0) is 11.3 Å². The molecule has 5 nitrogen and oxygen atoms in total. The predicted octanol–water partition coefficient (Wildman–Crippen LogP) is 2.83. The average Bonchev–Trinajstić information content (AvgIpc) is 2.90. The van der Waals surface area contributed by atoms with Gasteiger partial charge in [0.15, 0.2) is 0 Å². The third kappa shape index (κ3) is 3.79. The number of hydrogen-bond acceptors (Lipinski definition) is 2. The number of nitrogens with one attached hydrogen (secondary N) is 1. The minimum Gasteiger partial charge on any atom is -0.465 e. The molecule has 0 aliphatic carbocycles. The second-order valence-electron chi connectivity index (χ2n) is 5.18. The number of nitrogens with zero attached hydrogens (tertiary/aromatic N) is 1. The van der Waals surface area contributed by atoms with Gasteiger partial charge in [0.2, 0.25) is 5.91 Å². The van der Waals surface area contributed by atoms with Gasteiger partial charge in [-0.15, -0.1) is 0 Å². The Morgan fingerprint density at radius 3 is 2.83 bits per heavy atom. The summed E-state index contributed by atoms with van der Waals surface area (Å²) in [6, 6.07) is 1.74. The molecule has 0 radical (unpaired) electrons. The molecule has 0 saturated carbocycles. The Hall–Kier alpha value is -2.15. The van der Waals surface area contributed by atoms with Crippen molar-refractivity contribution in [3.63, 3.8) is 0 Å². The first-order valence-corrected chi connectivity index (χ1v) is 7.23. The molecule has 2 atom stereocenters. The van der Waals surface area contributed by atoms with Crippen molar-refractivity contribution in [2.45, 2.75) is 25.2 Å². The molecule has 1 saturated heterocycles. The molecule has 2 unspecified atom stereocenters. The van der Waals surface area contributed by atoms with Crippen LogP contribution in [0.25, 0.3) is 6.08 Å². The van der Waals surface area contributed by atoms with Gasteiger partial charge < -0.3 is 10.4 Å². The number of carboxylic acid groups (broad SMARTS) is 1. The summed E-state index contributed by atoms with van der Waals surface area (Å²) < 4.78 is 27.3. The zero-order valence-electron chi connectivity index (χ0n) is 12.1. The summed E-state index contributed by atoms with van der Waals surface area (Å²) in [6.07, 6.45) is -1.49. The second-order valence-corrected chi connectivity index (χ2v) is 5.59. The molecule has 2 N–H and O–H groups in total. The lowest BCUT2D eigenvalue weighted by atomic mass is 10.1. The van der Waals surface area contributed by atoms with Gasteiger partial charge >= 0.3 is 6.09 Å². The second kappa shape index (κ2) is 6.95. The number of hydrogen-bond donors (Lipinski definition) is 2. The minimum atomic E-state index is -1.39. The summed E-state index contributed by atoms with van der Waals surface area (Å²) >= 11 is 5.75. The standard InChI is InChI=1S/C15H15ClF2N2O3/c1-2-8-3-9(13(18)11(16)4-8)6-19-14(21)12-5-10(17)7-20(12)15(22)23/h2-4,10,12H,1,5-7H2,(H,19,21)(H,22,23). The molecule has 1 aliphatic rings. The molecule has 1 fully saturated rings. The number of halogens is 3. The fourth-order valence-electron chi connectivity index (χ4n) is 2.46. The molecule has 2 rings (SSSR count). The van der Waals surface area contributed by atoms with E-state index in [0.29, 0.717) is 5.56 Å². The van der Waals surface area contributed by atoms with Crippen LogP contribution in [-0.4, -0.2) is 40.8 Å². The van der Waals surface area contributed by atoms with Crippen molar-refractivity contribution in [3.8, 4) is 0 Å². The van der Waals surface area contributed by atoms with Gasteiger partial charge in [-0.3, -0.25) is 9.69 Å². The highest BCUT2D eigenvalue weighted by Crippen LogP contribution is 2.23. The molecule has 0 aromatic heterocycles. The van der Waals surface area contributed by atoms with Crippen LogP contribution in [0, 0.1) is 5.82 Å². The van der Waals surface area contributed by atoms with E-state index in [1.54, 1.807) is 0 Å².